The zero-order chi connectivity index (χ0) is 14.9. The summed E-state index contributed by atoms with van der Waals surface area (Å²) in [5, 5.41) is 2.77. The third kappa shape index (κ3) is 3.41. The van der Waals surface area contributed by atoms with Gasteiger partial charge in [0.1, 0.15) is 12.1 Å². The third-order valence-electron chi connectivity index (χ3n) is 3.34. The summed E-state index contributed by atoms with van der Waals surface area (Å²) in [4.78, 5) is 27.4. The largest absolute Gasteiger partial charge is 0.343 e. The summed E-state index contributed by atoms with van der Waals surface area (Å²) in [6.07, 6.45) is 0.691. The first-order valence-corrected chi connectivity index (χ1v) is 8.34. The number of rotatable bonds is 4. The van der Waals surface area contributed by atoms with Gasteiger partial charge in [-0.25, -0.2) is 0 Å². The highest BCUT2D eigenvalue weighted by molar-refractivity contribution is 9.11. The Bertz CT molecular complexity index is 515. The summed E-state index contributed by atoms with van der Waals surface area (Å²) < 4.78 is 1.04. The number of nitrogens with zero attached hydrogens (tertiary/aromatic N) is 1. The molecule has 2 rings (SSSR count). The molecule has 0 spiro atoms. The van der Waals surface area contributed by atoms with E-state index in [2.05, 4.69) is 35.1 Å². The average Bonchev–Trinajstić information content (AvgIpc) is 2.76. The van der Waals surface area contributed by atoms with Crippen LogP contribution in [0.3, 0.4) is 0 Å². The first-order chi connectivity index (χ1) is 9.38. The van der Waals surface area contributed by atoms with Crippen LogP contribution in [0, 0.1) is 5.92 Å². The zero-order valence-corrected chi connectivity index (χ0v) is 14.3. The smallest absolute Gasteiger partial charge is 0.245 e. The molecule has 110 valence electrons. The molecule has 2 unspecified atom stereocenters. The van der Waals surface area contributed by atoms with Crippen LogP contribution in [0.2, 0.25) is 0 Å². The lowest BCUT2D eigenvalue weighted by Crippen LogP contribution is -2.62. The van der Waals surface area contributed by atoms with Crippen molar-refractivity contribution < 1.29 is 9.59 Å². The minimum atomic E-state index is -0.436. The van der Waals surface area contributed by atoms with Crippen LogP contribution in [-0.2, 0) is 16.1 Å². The number of thiophene rings is 1. The highest BCUT2D eigenvalue weighted by atomic mass is 79.9. The Morgan fingerprint density at radius 1 is 1.40 bits per heavy atom. The molecule has 1 fully saturated rings. The Kier molecular flexibility index (Phi) is 4.86. The van der Waals surface area contributed by atoms with Gasteiger partial charge in [0.25, 0.3) is 0 Å². The second kappa shape index (κ2) is 6.26. The highest BCUT2D eigenvalue weighted by Crippen LogP contribution is 2.26. The number of halogens is 1. The molecule has 6 heteroatoms. The predicted molar refractivity (Wildman–Crippen MR) is 83.4 cm³/mol. The molecule has 1 N–H and O–H groups in total. The highest BCUT2D eigenvalue weighted by Gasteiger charge is 2.38. The van der Waals surface area contributed by atoms with Crippen molar-refractivity contribution >= 4 is 39.1 Å². The topological polar surface area (TPSA) is 49.4 Å². The van der Waals surface area contributed by atoms with Gasteiger partial charge in [0, 0.05) is 4.88 Å². The summed E-state index contributed by atoms with van der Waals surface area (Å²) in [5.74, 6) is 0.325. The van der Waals surface area contributed by atoms with E-state index in [-0.39, 0.29) is 17.9 Å². The number of hydrogen-bond acceptors (Lipinski definition) is 3. The maximum atomic E-state index is 12.4. The number of piperazine rings is 1. The molecule has 0 aliphatic carbocycles. The van der Waals surface area contributed by atoms with Crippen molar-refractivity contribution in [3.05, 3.63) is 20.8 Å². The van der Waals surface area contributed by atoms with Gasteiger partial charge in [0.15, 0.2) is 0 Å². The molecule has 20 heavy (non-hydrogen) atoms. The Morgan fingerprint density at radius 3 is 2.65 bits per heavy atom. The Balaban J connectivity index is 2.22. The van der Waals surface area contributed by atoms with Crippen LogP contribution in [0.25, 0.3) is 0 Å². The van der Waals surface area contributed by atoms with Crippen LogP contribution in [0.1, 0.15) is 32.1 Å². The molecule has 1 aliphatic rings. The molecule has 0 bridgehead atoms. The maximum Gasteiger partial charge on any atom is 0.245 e. The second-order valence-corrected chi connectivity index (χ2v) is 8.10. The first-order valence-electron chi connectivity index (χ1n) is 6.73. The monoisotopic (exact) mass is 358 g/mol. The van der Waals surface area contributed by atoms with E-state index in [0.717, 1.165) is 8.66 Å². The van der Waals surface area contributed by atoms with E-state index in [4.69, 9.17) is 0 Å². The van der Waals surface area contributed by atoms with E-state index in [9.17, 15) is 9.59 Å². The van der Waals surface area contributed by atoms with Gasteiger partial charge in [-0.1, -0.05) is 13.8 Å². The fraction of sp³-hybridized carbons (Fsp3) is 0.571. The van der Waals surface area contributed by atoms with Crippen LogP contribution in [0.5, 0.6) is 0 Å². The average molecular weight is 359 g/mol. The molecule has 1 aromatic heterocycles. The minimum Gasteiger partial charge on any atom is -0.343 e. The van der Waals surface area contributed by atoms with Crippen molar-refractivity contribution in [2.24, 2.45) is 5.92 Å². The summed E-state index contributed by atoms with van der Waals surface area (Å²) >= 11 is 5.02. The van der Waals surface area contributed by atoms with Crippen molar-refractivity contribution in [3.63, 3.8) is 0 Å². The van der Waals surface area contributed by atoms with Crippen molar-refractivity contribution in [1.29, 1.82) is 0 Å². The molecule has 4 nitrogen and oxygen atoms in total. The predicted octanol–water partition coefficient (Wildman–Crippen LogP) is 2.77. The van der Waals surface area contributed by atoms with Crippen LogP contribution >= 0.6 is 27.3 Å². The lowest BCUT2D eigenvalue weighted by Gasteiger charge is -2.38. The molecule has 0 aromatic carbocycles. The van der Waals surface area contributed by atoms with Crippen LogP contribution < -0.4 is 5.32 Å². The van der Waals surface area contributed by atoms with Crippen molar-refractivity contribution in [1.82, 2.24) is 10.2 Å². The summed E-state index contributed by atoms with van der Waals surface area (Å²) in [5.41, 5.74) is 0. The van der Waals surface area contributed by atoms with Crippen LogP contribution in [0.4, 0.5) is 0 Å². The third-order valence-corrected chi connectivity index (χ3v) is 4.95. The standard InChI is InChI=1S/C14H19BrN2O2S/c1-8(2)6-11-13(18)16-9(3)14(19)17(11)7-10-4-5-12(15)20-10/h4-5,8-9,11H,6-7H2,1-3H3,(H,16,18). The fourth-order valence-corrected chi connectivity index (χ4v) is 3.87. The summed E-state index contributed by atoms with van der Waals surface area (Å²) in [6, 6.07) is 3.16. The van der Waals surface area contributed by atoms with Crippen molar-refractivity contribution in [3.8, 4) is 0 Å². The van der Waals surface area contributed by atoms with Gasteiger partial charge >= 0.3 is 0 Å². The van der Waals surface area contributed by atoms with Gasteiger partial charge in [0.05, 0.1) is 10.3 Å². The normalized spacial score (nSPS) is 23.4. The molecule has 0 saturated carbocycles. The molecule has 2 atom stereocenters. The van der Waals surface area contributed by atoms with Crippen molar-refractivity contribution in [2.75, 3.05) is 0 Å². The lowest BCUT2D eigenvalue weighted by molar-refractivity contribution is -0.150. The van der Waals surface area contributed by atoms with Crippen LogP contribution in [0.15, 0.2) is 15.9 Å². The Morgan fingerprint density at radius 2 is 2.10 bits per heavy atom. The molecule has 1 aliphatic heterocycles. The molecule has 0 radical (unpaired) electrons. The van der Waals surface area contributed by atoms with E-state index < -0.39 is 6.04 Å². The number of amides is 2. The SMILES string of the molecule is CC(C)CC1C(=O)NC(C)C(=O)N1Cc1ccc(Br)s1. The number of nitrogens with one attached hydrogen (secondary N) is 1. The Labute approximate surface area is 131 Å². The van der Waals surface area contributed by atoms with E-state index in [1.54, 1.807) is 23.2 Å². The molecule has 1 saturated heterocycles. The van der Waals surface area contributed by atoms with E-state index in [1.807, 2.05) is 12.1 Å². The molecular formula is C14H19BrN2O2S. The van der Waals surface area contributed by atoms with Gasteiger partial charge in [-0.3, -0.25) is 9.59 Å². The maximum absolute atomic E-state index is 12.4. The molecule has 2 amide bonds. The first kappa shape index (κ1) is 15.5. The fourth-order valence-electron chi connectivity index (χ4n) is 2.39. The van der Waals surface area contributed by atoms with Gasteiger partial charge in [0.2, 0.25) is 11.8 Å². The zero-order valence-electron chi connectivity index (χ0n) is 11.9. The molecule has 1 aromatic rings. The second-order valence-electron chi connectivity index (χ2n) is 5.55. The van der Waals surface area contributed by atoms with Gasteiger partial charge in [-0.15, -0.1) is 11.3 Å². The van der Waals surface area contributed by atoms with Gasteiger partial charge < -0.3 is 10.2 Å². The number of carbonyl (C=O) groups is 2. The van der Waals surface area contributed by atoms with E-state index in [1.165, 1.54) is 0 Å². The number of hydrogen-bond donors (Lipinski definition) is 1. The summed E-state index contributed by atoms with van der Waals surface area (Å²) in [7, 11) is 0. The van der Waals surface area contributed by atoms with Gasteiger partial charge in [-0.05, 0) is 47.3 Å². The minimum absolute atomic E-state index is 0.000211. The summed E-state index contributed by atoms with van der Waals surface area (Å²) in [6.45, 7) is 6.37. The lowest BCUT2D eigenvalue weighted by atomic mass is 9.98. The van der Waals surface area contributed by atoms with Gasteiger partial charge in [-0.2, -0.15) is 0 Å². The quantitative estimate of drug-likeness (QED) is 0.899. The van der Waals surface area contributed by atoms with E-state index >= 15 is 0 Å². The number of carbonyl (C=O) groups excluding carboxylic acids is 2. The molecular weight excluding hydrogens is 340 g/mol. The van der Waals surface area contributed by atoms with E-state index in [0.29, 0.717) is 18.9 Å². The Hall–Kier alpha value is -0.880. The van der Waals surface area contributed by atoms with Crippen LogP contribution in [-0.4, -0.2) is 28.8 Å². The molecule has 2 heterocycles. The van der Waals surface area contributed by atoms with Crippen molar-refractivity contribution in [2.45, 2.75) is 45.8 Å².